The first-order chi connectivity index (χ1) is 7.60. The van der Waals surface area contributed by atoms with E-state index in [2.05, 4.69) is 53.3 Å². The summed E-state index contributed by atoms with van der Waals surface area (Å²) >= 11 is 3.55. The molecule has 3 heteroatoms. The van der Waals surface area contributed by atoms with E-state index in [4.69, 9.17) is 12.3 Å². The van der Waals surface area contributed by atoms with Crippen molar-refractivity contribution in [3.63, 3.8) is 0 Å². The molecule has 0 saturated carbocycles. The van der Waals surface area contributed by atoms with Gasteiger partial charge in [-0.15, -0.1) is 12.3 Å². The Kier molecular flexibility index (Phi) is 5.01. The lowest BCUT2D eigenvalue weighted by Gasteiger charge is -2.17. The Morgan fingerprint density at radius 2 is 2.00 bits per heavy atom. The molecule has 16 heavy (non-hydrogen) atoms. The van der Waals surface area contributed by atoms with Crippen LogP contribution in [0.5, 0.6) is 0 Å². The number of aryl methyl sites for hydroxylation is 2. The van der Waals surface area contributed by atoms with Crippen molar-refractivity contribution < 1.29 is 0 Å². The fraction of sp³-hybridized carbons (Fsp3) is 0.385. The Labute approximate surface area is 106 Å². The van der Waals surface area contributed by atoms with E-state index < -0.39 is 0 Å². The topological polar surface area (TPSA) is 38.0 Å². The van der Waals surface area contributed by atoms with Gasteiger partial charge < -0.3 is 0 Å². The van der Waals surface area contributed by atoms with Gasteiger partial charge in [0.15, 0.2) is 0 Å². The Morgan fingerprint density at radius 1 is 1.44 bits per heavy atom. The van der Waals surface area contributed by atoms with Crippen molar-refractivity contribution >= 4 is 15.9 Å². The molecule has 0 aliphatic heterocycles. The molecule has 1 aromatic carbocycles. The predicted octanol–water partition coefficient (Wildman–Crippen LogP) is 2.98. The summed E-state index contributed by atoms with van der Waals surface area (Å²) < 4.78 is 1.16. The third kappa shape index (κ3) is 3.08. The molecule has 0 bridgehead atoms. The van der Waals surface area contributed by atoms with Crippen molar-refractivity contribution in [2.45, 2.75) is 32.7 Å². The predicted molar refractivity (Wildman–Crippen MR) is 71.7 cm³/mol. The molecule has 86 valence electrons. The number of nitrogens with two attached hydrogens (primary N) is 1. The zero-order chi connectivity index (χ0) is 12.1. The number of halogens is 1. The second kappa shape index (κ2) is 6.05. The quantitative estimate of drug-likeness (QED) is 0.506. The van der Waals surface area contributed by atoms with E-state index in [-0.39, 0.29) is 6.04 Å². The van der Waals surface area contributed by atoms with Crippen LogP contribution in [0.1, 0.15) is 35.6 Å². The largest absolute Gasteiger partial charge is 0.271 e. The zero-order valence-corrected chi connectivity index (χ0v) is 11.3. The van der Waals surface area contributed by atoms with Crippen molar-refractivity contribution in [2.24, 2.45) is 5.84 Å². The van der Waals surface area contributed by atoms with Crippen molar-refractivity contribution in [1.29, 1.82) is 0 Å². The smallest absolute Gasteiger partial charge is 0.0469 e. The van der Waals surface area contributed by atoms with E-state index in [1.165, 1.54) is 16.7 Å². The van der Waals surface area contributed by atoms with Crippen molar-refractivity contribution in [3.8, 4) is 12.3 Å². The van der Waals surface area contributed by atoms with E-state index in [1.54, 1.807) is 0 Å². The van der Waals surface area contributed by atoms with Crippen molar-refractivity contribution in [2.75, 3.05) is 0 Å². The molecule has 0 fully saturated rings. The molecule has 0 aromatic heterocycles. The van der Waals surface area contributed by atoms with E-state index in [0.717, 1.165) is 17.3 Å². The molecule has 0 radical (unpaired) electrons. The first-order valence-electron chi connectivity index (χ1n) is 5.26. The molecule has 1 atom stereocenters. The monoisotopic (exact) mass is 280 g/mol. The van der Waals surface area contributed by atoms with Crippen LogP contribution in [0, 0.1) is 26.2 Å². The van der Waals surface area contributed by atoms with Gasteiger partial charge in [0.05, 0.1) is 0 Å². The van der Waals surface area contributed by atoms with E-state index >= 15 is 0 Å². The van der Waals surface area contributed by atoms with Gasteiger partial charge in [0, 0.05) is 16.9 Å². The van der Waals surface area contributed by atoms with Gasteiger partial charge in [0.2, 0.25) is 0 Å². The average Bonchev–Trinajstić information content (AvgIpc) is 2.26. The molecule has 0 saturated heterocycles. The van der Waals surface area contributed by atoms with Crippen molar-refractivity contribution in [3.05, 3.63) is 33.3 Å². The molecule has 1 aromatic rings. The van der Waals surface area contributed by atoms with Crippen molar-refractivity contribution in [1.82, 2.24) is 5.43 Å². The number of rotatable bonds is 4. The maximum atomic E-state index is 5.55. The summed E-state index contributed by atoms with van der Waals surface area (Å²) in [6.07, 6.45) is 6.85. The standard InChI is InChI=1S/C13H17BrN2/c1-4-5-6-12(16-15)11-7-9(2)13(14)10(3)8-11/h1,7-8,12,16H,5-6,15H2,2-3H3. The summed E-state index contributed by atoms with van der Waals surface area (Å²) in [5, 5.41) is 0. The first kappa shape index (κ1) is 13.2. The normalized spacial score (nSPS) is 12.2. The van der Waals surface area contributed by atoms with Crippen LogP contribution < -0.4 is 11.3 Å². The summed E-state index contributed by atoms with van der Waals surface area (Å²) in [6, 6.07) is 4.40. The zero-order valence-electron chi connectivity index (χ0n) is 9.68. The van der Waals surface area contributed by atoms with Crippen LogP contribution in [-0.2, 0) is 0 Å². The molecule has 2 nitrogen and oxygen atoms in total. The fourth-order valence-electron chi connectivity index (χ4n) is 1.75. The van der Waals surface area contributed by atoms with Gasteiger partial charge in [-0.1, -0.05) is 28.1 Å². The summed E-state index contributed by atoms with van der Waals surface area (Å²) in [4.78, 5) is 0. The highest BCUT2D eigenvalue weighted by Gasteiger charge is 2.11. The molecule has 1 rings (SSSR count). The highest BCUT2D eigenvalue weighted by molar-refractivity contribution is 9.10. The fourth-order valence-corrected chi connectivity index (χ4v) is 1.98. The molecule has 1 unspecified atom stereocenters. The Morgan fingerprint density at radius 3 is 2.44 bits per heavy atom. The van der Waals surface area contributed by atoms with Crippen LogP contribution in [0.15, 0.2) is 16.6 Å². The minimum Gasteiger partial charge on any atom is -0.271 e. The van der Waals surface area contributed by atoms with Gasteiger partial charge in [-0.3, -0.25) is 11.3 Å². The van der Waals surface area contributed by atoms with Gasteiger partial charge >= 0.3 is 0 Å². The van der Waals surface area contributed by atoms with E-state index in [1.807, 2.05) is 0 Å². The average molecular weight is 281 g/mol. The Hall–Kier alpha value is -0.820. The first-order valence-corrected chi connectivity index (χ1v) is 6.05. The van der Waals surface area contributed by atoms with E-state index in [9.17, 15) is 0 Å². The van der Waals surface area contributed by atoms with Gasteiger partial charge in [0.25, 0.3) is 0 Å². The Bertz CT molecular complexity index is 384. The molecule has 0 aliphatic carbocycles. The summed E-state index contributed by atoms with van der Waals surface area (Å²) in [7, 11) is 0. The maximum Gasteiger partial charge on any atom is 0.0469 e. The molecule has 3 N–H and O–H groups in total. The van der Waals surface area contributed by atoms with Crippen LogP contribution in [-0.4, -0.2) is 0 Å². The lowest BCUT2D eigenvalue weighted by atomic mass is 9.98. The highest BCUT2D eigenvalue weighted by Crippen LogP contribution is 2.27. The van der Waals surface area contributed by atoms with E-state index in [0.29, 0.717) is 0 Å². The minimum atomic E-state index is 0.126. The van der Waals surface area contributed by atoms with Crippen LogP contribution >= 0.6 is 15.9 Å². The number of terminal acetylenes is 1. The molecule has 0 amide bonds. The molecule has 0 aliphatic rings. The second-order valence-corrected chi connectivity index (χ2v) is 4.72. The van der Waals surface area contributed by atoms with Crippen LogP contribution in [0.3, 0.4) is 0 Å². The van der Waals surface area contributed by atoms with Gasteiger partial charge in [0.1, 0.15) is 0 Å². The molecule has 0 spiro atoms. The van der Waals surface area contributed by atoms with Crippen LogP contribution in [0.25, 0.3) is 0 Å². The number of hydrogen-bond acceptors (Lipinski definition) is 2. The lowest BCUT2D eigenvalue weighted by molar-refractivity contribution is 0.523. The van der Waals surface area contributed by atoms with Gasteiger partial charge in [-0.05, 0) is 37.0 Å². The Balaban J connectivity index is 2.98. The SMILES string of the molecule is C#CCCC(NN)c1cc(C)c(Br)c(C)c1. The molecular formula is C13H17BrN2. The highest BCUT2D eigenvalue weighted by atomic mass is 79.9. The molecule has 0 heterocycles. The summed E-state index contributed by atoms with van der Waals surface area (Å²) in [6.45, 7) is 4.16. The molecular weight excluding hydrogens is 264 g/mol. The number of benzene rings is 1. The second-order valence-electron chi connectivity index (χ2n) is 3.93. The third-order valence-electron chi connectivity index (χ3n) is 2.64. The van der Waals surface area contributed by atoms with Crippen LogP contribution in [0.4, 0.5) is 0 Å². The number of hydrogen-bond donors (Lipinski definition) is 2. The number of nitrogens with one attached hydrogen (secondary N) is 1. The van der Waals surface area contributed by atoms with Gasteiger partial charge in [-0.2, -0.15) is 0 Å². The third-order valence-corrected chi connectivity index (χ3v) is 3.89. The lowest BCUT2D eigenvalue weighted by Crippen LogP contribution is -2.28. The maximum absolute atomic E-state index is 5.55. The summed E-state index contributed by atoms with van der Waals surface area (Å²) in [5.74, 6) is 8.19. The minimum absolute atomic E-state index is 0.126. The summed E-state index contributed by atoms with van der Waals surface area (Å²) in [5.41, 5.74) is 6.44. The number of hydrazine groups is 1. The van der Waals surface area contributed by atoms with Crippen LogP contribution in [0.2, 0.25) is 0 Å². The van der Waals surface area contributed by atoms with Gasteiger partial charge in [-0.25, -0.2) is 0 Å².